The molecule has 19 heavy (non-hydrogen) atoms. The zero-order valence-electron chi connectivity index (χ0n) is 10.4. The molecule has 2 N–H and O–H groups in total. The molecule has 0 saturated heterocycles. The molecule has 0 saturated carbocycles. The van der Waals surface area contributed by atoms with E-state index in [4.69, 9.17) is 15.2 Å². The second kappa shape index (κ2) is 4.31. The number of hydrogen-bond donors (Lipinski definition) is 1. The predicted octanol–water partition coefficient (Wildman–Crippen LogP) is -0.0703. The standard InChI is InChI=1S/C15H13NO3/c1-18-9-6-7-13-12(8-9)10-4-2-3-5-11(10)14(19-13)15(16)17/h2-8,13H,1H3,(H2,16,17). The highest BCUT2D eigenvalue weighted by Crippen LogP contribution is 2.23. The Balaban J connectivity index is 2.37. The minimum absolute atomic E-state index is 0.211. The van der Waals surface area contributed by atoms with E-state index in [0.29, 0.717) is 0 Å². The number of ether oxygens (including phenoxy) is 2. The molecule has 0 radical (unpaired) electrons. The number of methoxy groups -OCH3 is 1. The molecule has 4 heteroatoms. The average molecular weight is 255 g/mol. The van der Waals surface area contributed by atoms with E-state index in [9.17, 15) is 4.79 Å². The lowest BCUT2D eigenvalue weighted by Gasteiger charge is -2.25. The van der Waals surface area contributed by atoms with E-state index >= 15 is 0 Å². The largest absolute Gasteiger partial charge is 0.497 e. The molecule has 1 heterocycles. The van der Waals surface area contributed by atoms with Crippen LogP contribution in [-0.4, -0.2) is 19.1 Å². The highest BCUT2D eigenvalue weighted by molar-refractivity contribution is 6.10. The van der Waals surface area contributed by atoms with Crippen molar-refractivity contribution in [2.45, 2.75) is 6.10 Å². The molecule has 1 aliphatic carbocycles. The van der Waals surface area contributed by atoms with Crippen LogP contribution in [0.3, 0.4) is 0 Å². The van der Waals surface area contributed by atoms with Gasteiger partial charge in [0.15, 0.2) is 5.76 Å². The first kappa shape index (κ1) is 11.6. The van der Waals surface area contributed by atoms with Gasteiger partial charge in [-0.05, 0) is 23.4 Å². The van der Waals surface area contributed by atoms with Gasteiger partial charge in [0.2, 0.25) is 0 Å². The Morgan fingerprint density at radius 3 is 2.74 bits per heavy atom. The van der Waals surface area contributed by atoms with Gasteiger partial charge in [0.05, 0.1) is 7.11 Å². The van der Waals surface area contributed by atoms with Crippen LogP contribution in [-0.2, 0) is 14.3 Å². The van der Waals surface area contributed by atoms with E-state index in [1.165, 1.54) is 0 Å². The van der Waals surface area contributed by atoms with E-state index in [-0.39, 0.29) is 11.9 Å². The summed E-state index contributed by atoms with van der Waals surface area (Å²) in [5.74, 6) is 0.414. The Kier molecular flexibility index (Phi) is 2.63. The second-order valence-corrected chi connectivity index (χ2v) is 4.34. The van der Waals surface area contributed by atoms with Crippen molar-refractivity contribution in [2.75, 3.05) is 7.11 Å². The number of amides is 1. The number of fused-ring (bicyclic) bond motifs is 2. The summed E-state index contributed by atoms with van der Waals surface area (Å²) in [7, 11) is 1.62. The highest BCUT2D eigenvalue weighted by atomic mass is 16.5. The minimum Gasteiger partial charge on any atom is -0.497 e. The molecule has 3 rings (SSSR count). The van der Waals surface area contributed by atoms with Gasteiger partial charge >= 0.3 is 0 Å². The molecule has 0 fully saturated rings. The van der Waals surface area contributed by atoms with Gasteiger partial charge in [-0.15, -0.1) is 0 Å². The molecule has 2 aliphatic rings. The van der Waals surface area contributed by atoms with Crippen molar-refractivity contribution in [2.24, 2.45) is 5.73 Å². The van der Waals surface area contributed by atoms with Crippen LogP contribution in [0, 0.1) is 0 Å². The Bertz CT molecular complexity index is 728. The quantitative estimate of drug-likeness (QED) is 0.804. The predicted molar refractivity (Wildman–Crippen MR) is 70.8 cm³/mol. The summed E-state index contributed by atoms with van der Waals surface area (Å²) < 4.78 is 10.9. The Labute approximate surface area is 110 Å². The van der Waals surface area contributed by atoms with E-state index in [1.54, 1.807) is 7.11 Å². The number of hydrogen-bond acceptors (Lipinski definition) is 3. The van der Waals surface area contributed by atoms with Crippen LogP contribution in [0.1, 0.15) is 0 Å². The van der Waals surface area contributed by atoms with Crippen LogP contribution in [0.5, 0.6) is 0 Å². The monoisotopic (exact) mass is 255 g/mol. The molecule has 1 aliphatic heterocycles. The Hall–Kier alpha value is -2.49. The number of carbonyl (C=O) groups excluding carboxylic acids is 1. The second-order valence-electron chi connectivity index (χ2n) is 4.34. The van der Waals surface area contributed by atoms with Crippen LogP contribution in [0.25, 0.3) is 11.3 Å². The van der Waals surface area contributed by atoms with Crippen molar-refractivity contribution < 1.29 is 14.3 Å². The molecular weight excluding hydrogens is 242 g/mol. The lowest BCUT2D eigenvalue weighted by molar-refractivity contribution is -0.115. The lowest BCUT2D eigenvalue weighted by Crippen LogP contribution is -2.41. The molecule has 1 unspecified atom stereocenters. The fraction of sp³-hybridized carbons (Fsp3) is 0.133. The molecule has 0 aromatic heterocycles. The molecular formula is C15H13NO3. The number of allylic oxidation sites excluding steroid dienone is 1. The van der Waals surface area contributed by atoms with Crippen molar-refractivity contribution in [1.82, 2.24) is 0 Å². The van der Waals surface area contributed by atoms with Gasteiger partial charge in [0.1, 0.15) is 11.9 Å². The van der Waals surface area contributed by atoms with Gasteiger partial charge in [-0.2, -0.15) is 0 Å². The molecule has 96 valence electrons. The molecule has 1 amide bonds. The van der Waals surface area contributed by atoms with E-state index in [0.717, 1.165) is 21.8 Å². The topological polar surface area (TPSA) is 61.5 Å². The van der Waals surface area contributed by atoms with Gasteiger partial charge < -0.3 is 15.2 Å². The maximum absolute atomic E-state index is 11.5. The molecule has 0 spiro atoms. The highest BCUT2D eigenvalue weighted by Gasteiger charge is 2.25. The summed E-state index contributed by atoms with van der Waals surface area (Å²) in [6, 6.07) is 7.56. The molecule has 1 aromatic rings. The number of rotatable bonds is 2. The minimum atomic E-state index is -0.554. The van der Waals surface area contributed by atoms with Crippen molar-refractivity contribution in [1.29, 1.82) is 0 Å². The van der Waals surface area contributed by atoms with Crippen molar-refractivity contribution in [3.05, 3.63) is 58.7 Å². The normalized spacial score (nSPS) is 20.1. The maximum Gasteiger partial charge on any atom is 0.284 e. The van der Waals surface area contributed by atoms with Crippen LogP contribution < -0.4 is 16.2 Å². The third-order valence-corrected chi connectivity index (χ3v) is 3.23. The fourth-order valence-corrected chi connectivity index (χ4v) is 2.34. The van der Waals surface area contributed by atoms with Gasteiger partial charge in [-0.3, -0.25) is 4.79 Å². The number of benzene rings is 1. The summed E-state index contributed by atoms with van der Waals surface area (Å²) in [4.78, 5) is 11.5. The Morgan fingerprint density at radius 2 is 2.05 bits per heavy atom. The number of nitrogens with two attached hydrogens (primary N) is 1. The smallest absolute Gasteiger partial charge is 0.284 e. The first-order chi connectivity index (χ1) is 9.20. The zero-order chi connectivity index (χ0) is 13.4. The number of primary amides is 1. The lowest BCUT2D eigenvalue weighted by atomic mass is 9.97. The molecule has 4 nitrogen and oxygen atoms in total. The van der Waals surface area contributed by atoms with Crippen molar-refractivity contribution >= 4 is 17.2 Å². The van der Waals surface area contributed by atoms with Gasteiger partial charge in [0, 0.05) is 10.8 Å². The van der Waals surface area contributed by atoms with Crippen LogP contribution >= 0.6 is 0 Å². The fourth-order valence-electron chi connectivity index (χ4n) is 2.34. The zero-order valence-corrected chi connectivity index (χ0v) is 10.4. The molecule has 0 bridgehead atoms. The summed E-state index contributed by atoms with van der Waals surface area (Å²) >= 11 is 0. The SMILES string of the molecule is COC1=CC2=c3ccccc3=C(C(N)=O)OC2C=C1. The first-order valence-corrected chi connectivity index (χ1v) is 5.94. The molecule has 1 atom stereocenters. The average Bonchev–Trinajstić information content (AvgIpc) is 2.45. The van der Waals surface area contributed by atoms with Crippen LogP contribution in [0.15, 0.2) is 48.3 Å². The van der Waals surface area contributed by atoms with Gasteiger partial charge in [0.25, 0.3) is 5.91 Å². The van der Waals surface area contributed by atoms with E-state index in [1.807, 2.05) is 42.5 Å². The van der Waals surface area contributed by atoms with E-state index < -0.39 is 5.91 Å². The van der Waals surface area contributed by atoms with Crippen molar-refractivity contribution in [3.63, 3.8) is 0 Å². The summed E-state index contributed by atoms with van der Waals surface area (Å²) in [5, 5.41) is 1.68. The number of carbonyl (C=O) groups is 1. The van der Waals surface area contributed by atoms with Gasteiger partial charge in [-0.25, -0.2) is 0 Å². The van der Waals surface area contributed by atoms with Crippen LogP contribution in [0.2, 0.25) is 0 Å². The van der Waals surface area contributed by atoms with E-state index in [2.05, 4.69) is 0 Å². The third kappa shape index (κ3) is 1.81. The first-order valence-electron chi connectivity index (χ1n) is 5.94. The van der Waals surface area contributed by atoms with Gasteiger partial charge in [-0.1, -0.05) is 24.3 Å². The summed E-state index contributed by atoms with van der Waals surface area (Å²) in [5.41, 5.74) is 6.36. The third-order valence-electron chi connectivity index (χ3n) is 3.23. The maximum atomic E-state index is 11.5. The summed E-state index contributed by atoms with van der Waals surface area (Å²) in [6.07, 6.45) is 5.30. The Morgan fingerprint density at radius 1 is 1.32 bits per heavy atom. The van der Waals surface area contributed by atoms with Crippen LogP contribution in [0.4, 0.5) is 0 Å². The van der Waals surface area contributed by atoms with Crippen molar-refractivity contribution in [3.8, 4) is 0 Å². The molecule has 1 aromatic carbocycles. The summed E-state index contributed by atoms with van der Waals surface area (Å²) in [6.45, 7) is 0.